The molecule has 122 valence electrons. The van der Waals surface area contributed by atoms with Crippen LogP contribution in [-0.2, 0) is 21.2 Å². The Hall–Kier alpha value is -2.25. The minimum atomic E-state index is -3.99. The standard InChI is InChI=1S/C15H14ClNO5S/c1-22-13-7-6-10(9-15(18)19)8-14(13)23(20,21)17-12-5-3-2-4-11(12)16/h2-8,17H,9H2,1H3,(H,18,19). The third-order valence-corrected chi connectivity index (χ3v) is 4.71. The molecule has 0 amide bonds. The largest absolute Gasteiger partial charge is 0.495 e. The van der Waals surface area contributed by atoms with Gasteiger partial charge in [-0.2, -0.15) is 0 Å². The number of carbonyl (C=O) groups is 1. The van der Waals surface area contributed by atoms with Crippen molar-refractivity contribution in [3.05, 3.63) is 53.1 Å². The van der Waals surface area contributed by atoms with Gasteiger partial charge in [0.05, 0.1) is 24.2 Å². The van der Waals surface area contributed by atoms with E-state index in [1.165, 1.54) is 31.4 Å². The fourth-order valence-corrected chi connectivity index (χ4v) is 3.50. The van der Waals surface area contributed by atoms with Gasteiger partial charge in [-0.3, -0.25) is 9.52 Å². The number of methoxy groups -OCH3 is 1. The second kappa shape index (κ2) is 6.89. The minimum Gasteiger partial charge on any atom is -0.495 e. The highest BCUT2D eigenvalue weighted by molar-refractivity contribution is 7.92. The van der Waals surface area contributed by atoms with Gasteiger partial charge in [-0.05, 0) is 29.8 Å². The molecule has 0 saturated carbocycles. The number of hydrogen-bond acceptors (Lipinski definition) is 4. The van der Waals surface area contributed by atoms with Gasteiger partial charge in [-0.15, -0.1) is 0 Å². The third kappa shape index (κ3) is 4.14. The smallest absolute Gasteiger partial charge is 0.307 e. The van der Waals surface area contributed by atoms with Crippen molar-refractivity contribution in [3.63, 3.8) is 0 Å². The van der Waals surface area contributed by atoms with Crippen LogP contribution < -0.4 is 9.46 Å². The van der Waals surface area contributed by atoms with Crippen molar-refractivity contribution in [2.24, 2.45) is 0 Å². The monoisotopic (exact) mass is 355 g/mol. The maximum atomic E-state index is 12.6. The second-order valence-electron chi connectivity index (χ2n) is 4.64. The topological polar surface area (TPSA) is 92.7 Å². The number of anilines is 1. The normalized spacial score (nSPS) is 11.0. The molecule has 6 nitrogen and oxygen atoms in total. The number of carboxylic acids is 1. The Morgan fingerprint density at radius 1 is 1.26 bits per heavy atom. The van der Waals surface area contributed by atoms with E-state index in [1.807, 2.05) is 0 Å². The molecule has 23 heavy (non-hydrogen) atoms. The van der Waals surface area contributed by atoms with Crippen molar-refractivity contribution in [2.75, 3.05) is 11.8 Å². The molecule has 2 rings (SSSR count). The zero-order valence-corrected chi connectivity index (χ0v) is 13.7. The predicted molar refractivity (Wildman–Crippen MR) is 86.6 cm³/mol. The van der Waals surface area contributed by atoms with Crippen molar-refractivity contribution in [1.82, 2.24) is 0 Å². The summed E-state index contributed by atoms with van der Waals surface area (Å²) < 4.78 is 32.6. The number of rotatable bonds is 6. The van der Waals surface area contributed by atoms with Crippen LogP contribution in [0.15, 0.2) is 47.4 Å². The van der Waals surface area contributed by atoms with Crippen LogP contribution in [0.1, 0.15) is 5.56 Å². The molecule has 0 heterocycles. The quantitative estimate of drug-likeness (QED) is 0.831. The molecule has 0 aliphatic heterocycles. The number of halogens is 1. The molecule has 0 aliphatic carbocycles. The molecular formula is C15H14ClNO5S. The highest BCUT2D eigenvalue weighted by Crippen LogP contribution is 2.29. The molecule has 0 unspecified atom stereocenters. The van der Waals surface area contributed by atoms with Crippen LogP contribution in [0.5, 0.6) is 5.75 Å². The van der Waals surface area contributed by atoms with Gasteiger partial charge in [0, 0.05) is 0 Å². The van der Waals surface area contributed by atoms with E-state index in [1.54, 1.807) is 18.2 Å². The summed E-state index contributed by atoms with van der Waals surface area (Å²) >= 11 is 5.96. The first-order valence-electron chi connectivity index (χ1n) is 6.49. The Labute approximate surface area is 138 Å². The van der Waals surface area contributed by atoms with Gasteiger partial charge in [0.25, 0.3) is 10.0 Å². The molecular weight excluding hydrogens is 342 g/mol. The lowest BCUT2D eigenvalue weighted by atomic mass is 10.1. The molecule has 0 radical (unpaired) electrons. The Bertz CT molecular complexity index is 836. The summed E-state index contributed by atoms with van der Waals surface area (Å²) in [4.78, 5) is 10.7. The number of benzene rings is 2. The van der Waals surface area contributed by atoms with Gasteiger partial charge in [0.1, 0.15) is 10.6 Å². The molecule has 0 bridgehead atoms. The van der Waals surface area contributed by atoms with Crippen molar-refractivity contribution in [3.8, 4) is 5.75 Å². The average Bonchev–Trinajstić information content (AvgIpc) is 2.49. The summed E-state index contributed by atoms with van der Waals surface area (Å²) in [6.07, 6.45) is -0.293. The number of para-hydroxylation sites is 1. The molecule has 0 spiro atoms. The Morgan fingerprint density at radius 2 is 1.96 bits per heavy atom. The minimum absolute atomic E-state index is 0.110. The fraction of sp³-hybridized carbons (Fsp3) is 0.133. The molecule has 0 saturated heterocycles. The zero-order chi connectivity index (χ0) is 17.0. The molecule has 0 aliphatic rings. The summed E-state index contributed by atoms with van der Waals surface area (Å²) in [5.41, 5.74) is 0.567. The third-order valence-electron chi connectivity index (χ3n) is 2.99. The van der Waals surface area contributed by atoms with Gasteiger partial charge in [-0.25, -0.2) is 8.42 Å². The maximum Gasteiger partial charge on any atom is 0.307 e. The van der Waals surface area contributed by atoms with Crippen LogP contribution in [0, 0.1) is 0 Å². The number of aliphatic carboxylic acids is 1. The van der Waals surface area contributed by atoms with Crippen LogP contribution in [0.2, 0.25) is 5.02 Å². The summed E-state index contributed by atoms with van der Waals surface area (Å²) in [6.45, 7) is 0. The average molecular weight is 356 g/mol. The zero-order valence-electron chi connectivity index (χ0n) is 12.1. The van der Waals surface area contributed by atoms with E-state index >= 15 is 0 Å². The second-order valence-corrected chi connectivity index (χ2v) is 6.70. The Morgan fingerprint density at radius 3 is 2.57 bits per heavy atom. The van der Waals surface area contributed by atoms with E-state index in [2.05, 4.69) is 4.72 Å². The molecule has 2 aromatic rings. The number of ether oxygens (including phenoxy) is 1. The number of sulfonamides is 1. The van der Waals surface area contributed by atoms with Crippen LogP contribution in [0.4, 0.5) is 5.69 Å². The van der Waals surface area contributed by atoms with E-state index in [0.29, 0.717) is 5.56 Å². The van der Waals surface area contributed by atoms with Crippen molar-refractivity contribution < 1.29 is 23.1 Å². The fourth-order valence-electron chi connectivity index (χ4n) is 1.96. The highest BCUT2D eigenvalue weighted by atomic mass is 35.5. The highest BCUT2D eigenvalue weighted by Gasteiger charge is 2.21. The van der Waals surface area contributed by atoms with Crippen molar-refractivity contribution in [1.29, 1.82) is 0 Å². The number of carboxylic acid groups (broad SMARTS) is 1. The Kier molecular flexibility index (Phi) is 5.12. The summed E-state index contributed by atoms with van der Waals surface area (Å²) in [6, 6.07) is 10.6. The maximum absolute atomic E-state index is 12.6. The first-order chi connectivity index (χ1) is 10.8. The van der Waals surface area contributed by atoms with E-state index in [-0.39, 0.29) is 27.8 Å². The van der Waals surface area contributed by atoms with Crippen LogP contribution >= 0.6 is 11.6 Å². The molecule has 0 fully saturated rings. The Balaban J connectivity index is 2.45. The van der Waals surface area contributed by atoms with E-state index in [9.17, 15) is 13.2 Å². The van der Waals surface area contributed by atoms with Crippen molar-refractivity contribution >= 4 is 33.3 Å². The van der Waals surface area contributed by atoms with Gasteiger partial charge in [0.15, 0.2) is 0 Å². The van der Waals surface area contributed by atoms with Crippen LogP contribution in [0.3, 0.4) is 0 Å². The molecule has 2 aromatic carbocycles. The molecule has 2 N–H and O–H groups in total. The van der Waals surface area contributed by atoms with Gasteiger partial charge in [0.2, 0.25) is 0 Å². The predicted octanol–water partition coefficient (Wildman–Crippen LogP) is 2.78. The number of hydrogen-bond donors (Lipinski definition) is 2. The molecule has 0 aromatic heterocycles. The summed E-state index contributed by atoms with van der Waals surface area (Å²) in [5, 5.41) is 9.09. The molecule has 0 atom stereocenters. The summed E-state index contributed by atoms with van der Waals surface area (Å²) in [7, 11) is -2.66. The van der Waals surface area contributed by atoms with Crippen molar-refractivity contribution in [2.45, 2.75) is 11.3 Å². The lowest BCUT2D eigenvalue weighted by Gasteiger charge is -2.13. The van der Waals surface area contributed by atoms with Crippen LogP contribution in [-0.4, -0.2) is 26.6 Å². The van der Waals surface area contributed by atoms with E-state index < -0.39 is 16.0 Å². The van der Waals surface area contributed by atoms with E-state index in [4.69, 9.17) is 21.4 Å². The molecule has 8 heteroatoms. The van der Waals surface area contributed by atoms with Gasteiger partial charge in [-0.1, -0.05) is 29.8 Å². The van der Waals surface area contributed by atoms with Crippen LogP contribution in [0.25, 0.3) is 0 Å². The number of nitrogens with one attached hydrogen (secondary N) is 1. The first kappa shape index (κ1) is 17.1. The van der Waals surface area contributed by atoms with Gasteiger partial charge < -0.3 is 9.84 Å². The summed E-state index contributed by atoms with van der Waals surface area (Å²) in [5.74, 6) is -0.948. The first-order valence-corrected chi connectivity index (χ1v) is 8.35. The lowest BCUT2D eigenvalue weighted by molar-refractivity contribution is -0.136. The SMILES string of the molecule is COc1ccc(CC(=O)O)cc1S(=O)(=O)Nc1ccccc1Cl. The lowest BCUT2D eigenvalue weighted by Crippen LogP contribution is -2.15. The van der Waals surface area contributed by atoms with Gasteiger partial charge >= 0.3 is 5.97 Å². The van der Waals surface area contributed by atoms with E-state index in [0.717, 1.165) is 0 Å².